The first-order chi connectivity index (χ1) is 26.1. The minimum absolute atomic E-state index is 0.128. The highest BCUT2D eigenvalue weighted by molar-refractivity contribution is 6.33. The van der Waals surface area contributed by atoms with E-state index in [4.69, 9.17) is 40.0 Å². The first kappa shape index (κ1) is 40.4. The van der Waals surface area contributed by atoms with Crippen molar-refractivity contribution in [3.8, 4) is 28.7 Å². The first-order valence-electron chi connectivity index (χ1n) is 16.8. The van der Waals surface area contributed by atoms with Crippen molar-refractivity contribution in [2.75, 3.05) is 26.4 Å². The third-order valence-electron chi connectivity index (χ3n) is 7.29. The number of ether oxygens (including phenoxy) is 6. The van der Waals surface area contributed by atoms with Gasteiger partial charge >= 0.3 is 23.9 Å². The lowest BCUT2D eigenvalue weighted by Crippen LogP contribution is -2.09. The minimum atomic E-state index is -0.714. The smallest absolute Gasteiger partial charge is 0.343 e. The van der Waals surface area contributed by atoms with Crippen LogP contribution in [0.15, 0.2) is 115 Å². The minimum Gasteiger partial charge on any atom is -0.504 e. The highest BCUT2D eigenvalue weighted by atomic mass is 35.5. The van der Waals surface area contributed by atoms with Crippen LogP contribution < -0.4 is 18.9 Å². The molecule has 13 heteroatoms. The molecule has 54 heavy (non-hydrogen) atoms. The maximum Gasteiger partial charge on any atom is 0.343 e. The summed E-state index contributed by atoms with van der Waals surface area (Å²) in [7, 11) is 0. The van der Waals surface area contributed by atoms with Crippen LogP contribution in [0.4, 0.5) is 5.69 Å². The van der Waals surface area contributed by atoms with Crippen molar-refractivity contribution in [1.82, 2.24) is 0 Å². The van der Waals surface area contributed by atoms with E-state index >= 15 is 0 Å². The number of nitrogens with zero attached hydrogens (tertiary/aromatic N) is 1. The standard InChI is InChI=1S/C41H38ClNO11/c1-3-38(45)51-23-7-5-21-49-31-17-11-29(12-18-31)40(47)53-33-15-9-28(10-16-33)27-43-35-26-36(44)37(25-34(35)42)54-41(48)30-13-19-32(20-14-30)50-22-6-8-24-52-39(46)4-2/h3-4,9-20,25-27,44H,1-2,5-8,21-24H2/b43-27+. The molecule has 280 valence electrons. The maximum atomic E-state index is 12.7. The Morgan fingerprint density at radius 3 is 1.59 bits per heavy atom. The van der Waals surface area contributed by atoms with Crippen LogP contribution in [0.2, 0.25) is 5.02 Å². The van der Waals surface area contributed by atoms with E-state index in [9.17, 15) is 24.3 Å². The number of halogens is 1. The Morgan fingerprint density at radius 1 is 0.630 bits per heavy atom. The summed E-state index contributed by atoms with van der Waals surface area (Å²) in [5.74, 6) is -1.22. The normalized spacial score (nSPS) is 10.6. The number of hydrogen-bond acceptors (Lipinski definition) is 12. The number of esters is 4. The topological polar surface area (TPSA) is 156 Å². The SMILES string of the molecule is C=CC(=O)OCCCCOc1ccc(C(=O)Oc2ccc(/C=N/c3cc(O)c(OC(=O)c4ccc(OCCCCOC(=O)C=C)cc4)cc3Cl)cc2)cc1. The molecule has 0 saturated heterocycles. The van der Waals surface area contributed by atoms with Crippen molar-refractivity contribution in [1.29, 1.82) is 0 Å². The molecule has 0 saturated carbocycles. The van der Waals surface area contributed by atoms with Crippen molar-refractivity contribution < 1.29 is 52.7 Å². The van der Waals surface area contributed by atoms with Gasteiger partial charge in [-0.3, -0.25) is 4.99 Å². The molecule has 0 atom stereocenters. The Labute approximate surface area is 317 Å². The molecule has 12 nitrogen and oxygen atoms in total. The van der Waals surface area contributed by atoms with E-state index in [1.807, 2.05) is 0 Å². The van der Waals surface area contributed by atoms with Gasteiger partial charge in [-0.25, -0.2) is 19.2 Å². The second-order valence-corrected chi connectivity index (χ2v) is 11.7. The Morgan fingerprint density at radius 2 is 1.09 bits per heavy atom. The number of aromatic hydroxyl groups is 1. The van der Waals surface area contributed by atoms with Crippen LogP contribution in [-0.4, -0.2) is 61.6 Å². The van der Waals surface area contributed by atoms with Gasteiger partial charge in [0.1, 0.15) is 17.2 Å². The molecular formula is C41H38ClNO11. The van der Waals surface area contributed by atoms with Crippen molar-refractivity contribution in [2.24, 2.45) is 4.99 Å². The average Bonchev–Trinajstić information content (AvgIpc) is 3.18. The molecule has 0 amide bonds. The Kier molecular flexibility index (Phi) is 15.9. The summed E-state index contributed by atoms with van der Waals surface area (Å²) < 4.78 is 32.0. The van der Waals surface area contributed by atoms with Crippen LogP contribution in [0, 0.1) is 0 Å². The largest absolute Gasteiger partial charge is 0.504 e. The van der Waals surface area contributed by atoms with E-state index in [-0.39, 0.29) is 34.4 Å². The summed E-state index contributed by atoms with van der Waals surface area (Å²) in [5, 5.41) is 10.7. The third-order valence-corrected chi connectivity index (χ3v) is 7.59. The summed E-state index contributed by atoms with van der Waals surface area (Å²) in [6.45, 7) is 8.07. The van der Waals surface area contributed by atoms with Crippen molar-refractivity contribution >= 4 is 47.4 Å². The number of phenolic OH excluding ortho intramolecular Hbond substituents is 1. The molecule has 4 rings (SSSR count). The van der Waals surface area contributed by atoms with E-state index in [2.05, 4.69) is 18.2 Å². The molecule has 0 radical (unpaired) electrons. The second-order valence-electron chi connectivity index (χ2n) is 11.3. The van der Waals surface area contributed by atoms with E-state index in [0.29, 0.717) is 73.9 Å². The zero-order valence-corrected chi connectivity index (χ0v) is 30.0. The van der Waals surface area contributed by atoms with Gasteiger partial charge < -0.3 is 33.5 Å². The summed E-state index contributed by atoms with van der Waals surface area (Å²) in [4.78, 5) is 51.8. The fourth-order valence-electron chi connectivity index (χ4n) is 4.43. The fraction of sp³-hybridized carbons (Fsp3) is 0.195. The first-order valence-corrected chi connectivity index (χ1v) is 17.2. The van der Waals surface area contributed by atoms with Crippen molar-refractivity contribution in [2.45, 2.75) is 25.7 Å². The predicted molar refractivity (Wildman–Crippen MR) is 201 cm³/mol. The molecule has 0 aliphatic carbocycles. The fourth-order valence-corrected chi connectivity index (χ4v) is 4.63. The quantitative estimate of drug-likeness (QED) is 0.0306. The van der Waals surface area contributed by atoms with Gasteiger partial charge in [0.25, 0.3) is 0 Å². The molecule has 0 aliphatic rings. The van der Waals surface area contributed by atoms with Crippen molar-refractivity contribution in [3.63, 3.8) is 0 Å². The highest BCUT2D eigenvalue weighted by Gasteiger charge is 2.15. The molecule has 0 fully saturated rings. The Balaban J connectivity index is 1.22. The highest BCUT2D eigenvalue weighted by Crippen LogP contribution is 2.37. The van der Waals surface area contributed by atoms with Crippen LogP contribution >= 0.6 is 11.6 Å². The molecule has 4 aromatic rings. The van der Waals surface area contributed by atoms with Gasteiger partial charge in [-0.1, -0.05) is 24.8 Å². The molecule has 4 aromatic carbocycles. The van der Waals surface area contributed by atoms with Gasteiger partial charge in [0.15, 0.2) is 11.5 Å². The number of phenols is 1. The molecule has 0 unspecified atom stereocenters. The average molecular weight is 756 g/mol. The number of hydrogen-bond donors (Lipinski definition) is 1. The van der Waals surface area contributed by atoms with Gasteiger partial charge in [0.2, 0.25) is 0 Å². The van der Waals surface area contributed by atoms with Crippen LogP contribution in [0.3, 0.4) is 0 Å². The molecule has 0 heterocycles. The van der Waals surface area contributed by atoms with Crippen LogP contribution in [0.1, 0.15) is 52.0 Å². The van der Waals surface area contributed by atoms with E-state index in [1.54, 1.807) is 60.7 Å². The maximum absolute atomic E-state index is 12.7. The van der Waals surface area contributed by atoms with Gasteiger partial charge in [-0.05, 0) is 104 Å². The Hall–Kier alpha value is -6.40. The van der Waals surface area contributed by atoms with Crippen LogP contribution in [0.25, 0.3) is 0 Å². The summed E-state index contributed by atoms with van der Waals surface area (Å²) in [5.41, 5.74) is 1.45. The van der Waals surface area contributed by atoms with E-state index in [1.165, 1.54) is 30.5 Å². The van der Waals surface area contributed by atoms with Crippen molar-refractivity contribution in [3.05, 3.63) is 132 Å². The molecule has 0 spiro atoms. The van der Waals surface area contributed by atoms with E-state index in [0.717, 1.165) is 12.2 Å². The molecule has 1 N–H and O–H groups in total. The number of rotatable bonds is 20. The van der Waals surface area contributed by atoms with E-state index < -0.39 is 23.9 Å². The summed E-state index contributed by atoms with van der Waals surface area (Å²) >= 11 is 6.38. The Bertz CT molecular complexity index is 1940. The lowest BCUT2D eigenvalue weighted by atomic mass is 10.2. The lowest BCUT2D eigenvalue weighted by Gasteiger charge is -2.10. The predicted octanol–water partition coefficient (Wildman–Crippen LogP) is 8.01. The van der Waals surface area contributed by atoms with Gasteiger partial charge in [-0.2, -0.15) is 0 Å². The summed E-state index contributed by atoms with van der Waals surface area (Å²) in [6.07, 6.45) is 6.36. The summed E-state index contributed by atoms with van der Waals surface area (Å²) in [6, 6.07) is 22.0. The van der Waals surface area contributed by atoms with Gasteiger partial charge in [-0.15, -0.1) is 0 Å². The number of carbonyl (C=O) groups excluding carboxylic acids is 4. The number of benzene rings is 4. The lowest BCUT2D eigenvalue weighted by molar-refractivity contribution is -0.138. The zero-order valence-electron chi connectivity index (χ0n) is 29.2. The molecule has 0 aliphatic heterocycles. The zero-order chi connectivity index (χ0) is 38.7. The van der Waals surface area contributed by atoms with Crippen LogP contribution in [-0.2, 0) is 19.1 Å². The number of unbranched alkanes of at least 4 members (excludes halogenated alkanes) is 2. The van der Waals surface area contributed by atoms with Crippen LogP contribution in [0.5, 0.6) is 28.7 Å². The second kappa shape index (κ2) is 21.2. The van der Waals surface area contributed by atoms with Gasteiger partial charge in [0.05, 0.1) is 48.3 Å². The molecule has 0 bridgehead atoms. The van der Waals surface area contributed by atoms with Gasteiger partial charge in [0, 0.05) is 30.5 Å². The monoisotopic (exact) mass is 755 g/mol. The number of aliphatic imine (C=N–C) groups is 1. The number of carbonyl (C=O) groups is 4. The third kappa shape index (κ3) is 13.3. The molecule has 0 aromatic heterocycles. The molecular weight excluding hydrogens is 718 g/mol.